The van der Waals surface area contributed by atoms with Gasteiger partial charge >= 0.3 is 0 Å². The van der Waals surface area contributed by atoms with Gasteiger partial charge in [0.05, 0.1) is 19.8 Å². The summed E-state index contributed by atoms with van der Waals surface area (Å²) < 4.78 is 10.7. The van der Waals surface area contributed by atoms with Gasteiger partial charge in [0.25, 0.3) is 0 Å². The van der Waals surface area contributed by atoms with E-state index in [1.807, 2.05) is 25.1 Å². The summed E-state index contributed by atoms with van der Waals surface area (Å²) in [6, 6.07) is 5.72. The van der Waals surface area contributed by atoms with Gasteiger partial charge in [-0.05, 0) is 37.5 Å². The molecule has 1 aromatic rings. The number of aliphatic hydroxyl groups excluding tert-OH is 1. The Morgan fingerprint density at radius 3 is 2.65 bits per heavy atom. The van der Waals surface area contributed by atoms with Crippen molar-refractivity contribution in [1.82, 2.24) is 0 Å². The smallest absolute Gasteiger partial charge is 0.161 e. The van der Waals surface area contributed by atoms with E-state index in [1.165, 1.54) is 0 Å². The molecule has 2 rings (SSSR count). The summed E-state index contributed by atoms with van der Waals surface area (Å²) in [6.45, 7) is 2.53. The zero-order valence-corrected chi connectivity index (χ0v) is 10.3. The number of hydrogen-bond acceptors (Lipinski definition) is 4. The normalized spacial score (nSPS) is 27.4. The molecule has 1 aromatic carbocycles. The van der Waals surface area contributed by atoms with E-state index in [4.69, 9.17) is 15.2 Å². The fourth-order valence-corrected chi connectivity index (χ4v) is 2.27. The first kappa shape index (κ1) is 12.2. The van der Waals surface area contributed by atoms with Crippen molar-refractivity contribution < 1.29 is 14.6 Å². The summed E-state index contributed by atoms with van der Waals surface area (Å²) in [6.07, 6.45) is 0.923. The minimum Gasteiger partial charge on any atom is -0.493 e. The summed E-state index contributed by atoms with van der Waals surface area (Å²) in [5.74, 6) is 1.41. The van der Waals surface area contributed by atoms with Crippen LogP contribution in [0.3, 0.4) is 0 Å². The molecule has 0 atom stereocenters. The lowest BCUT2D eigenvalue weighted by Crippen LogP contribution is -2.51. The molecule has 0 heterocycles. The zero-order valence-electron chi connectivity index (χ0n) is 10.3. The van der Waals surface area contributed by atoms with Gasteiger partial charge in [-0.1, -0.05) is 6.07 Å². The fourth-order valence-electron chi connectivity index (χ4n) is 2.27. The van der Waals surface area contributed by atoms with E-state index in [0.29, 0.717) is 25.2 Å². The van der Waals surface area contributed by atoms with Gasteiger partial charge in [0, 0.05) is 5.54 Å². The Balaban J connectivity index is 2.25. The van der Waals surface area contributed by atoms with E-state index >= 15 is 0 Å². The van der Waals surface area contributed by atoms with Crippen molar-refractivity contribution in [2.24, 2.45) is 5.73 Å². The third-order valence-corrected chi connectivity index (χ3v) is 3.24. The molecule has 0 spiro atoms. The minimum absolute atomic E-state index is 0.280. The molecular formula is C13H19NO3. The molecule has 0 radical (unpaired) electrons. The van der Waals surface area contributed by atoms with Crippen molar-refractivity contribution in [2.45, 2.75) is 31.4 Å². The Kier molecular flexibility index (Phi) is 3.26. The van der Waals surface area contributed by atoms with Gasteiger partial charge in [0.1, 0.15) is 0 Å². The van der Waals surface area contributed by atoms with E-state index in [1.54, 1.807) is 7.11 Å². The highest BCUT2D eigenvalue weighted by Crippen LogP contribution is 2.41. The molecule has 0 bridgehead atoms. The number of nitrogens with two attached hydrogens (primary N) is 1. The third kappa shape index (κ3) is 2.23. The van der Waals surface area contributed by atoms with E-state index in [9.17, 15) is 5.11 Å². The number of aliphatic hydroxyl groups is 1. The molecule has 3 N–H and O–H groups in total. The van der Waals surface area contributed by atoms with Crippen LogP contribution in [0.2, 0.25) is 0 Å². The molecule has 0 unspecified atom stereocenters. The van der Waals surface area contributed by atoms with Gasteiger partial charge in [-0.3, -0.25) is 0 Å². The van der Waals surface area contributed by atoms with E-state index in [0.717, 1.165) is 11.3 Å². The van der Waals surface area contributed by atoms with Crippen LogP contribution >= 0.6 is 0 Å². The summed E-state index contributed by atoms with van der Waals surface area (Å²) >= 11 is 0. The first-order chi connectivity index (χ1) is 8.09. The van der Waals surface area contributed by atoms with Crippen LogP contribution in [0.25, 0.3) is 0 Å². The van der Waals surface area contributed by atoms with E-state index in [2.05, 4.69) is 0 Å². The zero-order chi connectivity index (χ0) is 12.5. The Labute approximate surface area is 101 Å². The molecule has 0 saturated heterocycles. The van der Waals surface area contributed by atoms with Crippen LogP contribution < -0.4 is 15.2 Å². The number of rotatable bonds is 4. The Morgan fingerprint density at radius 2 is 2.12 bits per heavy atom. The lowest BCUT2D eigenvalue weighted by molar-refractivity contribution is 0.0208. The SMILES string of the molecule is CCOc1ccc(C2(N)CC(O)C2)cc1OC. The quantitative estimate of drug-likeness (QED) is 0.831. The molecule has 4 nitrogen and oxygen atoms in total. The van der Waals surface area contributed by atoms with E-state index < -0.39 is 5.54 Å². The second kappa shape index (κ2) is 4.55. The average Bonchev–Trinajstić information content (AvgIpc) is 2.28. The van der Waals surface area contributed by atoms with Crippen LogP contribution in [0, 0.1) is 0 Å². The molecule has 94 valence electrons. The third-order valence-electron chi connectivity index (χ3n) is 3.24. The van der Waals surface area contributed by atoms with Crippen molar-refractivity contribution in [3.8, 4) is 11.5 Å². The molecule has 0 aromatic heterocycles. The van der Waals surface area contributed by atoms with Crippen LogP contribution in [0.15, 0.2) is 18.2 Å². The molecule has 4 heteroatoms. The summed E-state index contributed by atoms with van der Waals surface area (Å²) in [5, 5.41) is 9.37. The van der Waals surface area contributed by atoms with Gasteiger partial charge < -0.3 is 20.3 Å². The van der Waals surface area contributed by atoms with Gasteiger partial charge in [0.15, 0.2) is 11.5 Å². The predicted octanol–water partition coefficient (Wildman–Crippen LogP) is 1.40. The highest BCUT2D eigenvalue weighted by atomic mass is 16.5. The maximum absolute atomic E-state index is 9.37. The van der Waals surface area contributed by atoms with Crippen LogP contribution in [0.4, 0.5) is 0 Å². The van der Waals surface area contributed by atoms with Crippen molar-refractivity contribution in [3.05, 3.63) is 23.8 Å². The largest absolute Gasteiger partial charge is 0.493 e. The first-order valence-electron chi connectivity index (χ1n) is 5.87. The highest BCUT2D eigenvalue weighted by Gasteiger charge is 2.41. The molecule has 17 heavy (non-hydrogen) atoms. The maximum atomic E-state index is 9.37. The highest BCUT2D eigenvalue weighted by molar-refractivity contribution is 5.45. The minimum atomic E-state index is -0.419. The Hall–Kier alpha value is -1.26. The van der Waals surface area contributed by atoms with Gasteiger partial charge in [-0.2, -0.15) is 0 Å². The van der Waals surface area contributed by atoms with Crippen molar-refractivity contribution in [3.63, 3.8) is 0 Å². The summed E-state index contributed by atoms with van der Waals surface area (Å²) in [7, 11) is 1.61. The Bertz CT molecular complexity index is 400. The second-order valence-electron chi connectivity index (χ2n) is 4.52. The Morgan fingerprint density at radius 1 is 1.41 bits per heavy atom. The van der Waals surface area contributed by atoms with Crippen molar-refractivity contribution in [2.75, 3.05) is 13.7 Å². The summed E-state index contributed by atoms with van der Waals surface area (Å²) in [4.78, 5) is 0. The van der Waals surface area contributed by atoms with Crippen LogP contribution in [0.5, 0.6) is 11.5 Å². The monoisotopic (exact) mass is 237 g/mol. The van der Waals surface area contributed by atoms with Gasteiger partial charge in [0.2, 0.25) is 0 Å². The number of benzene rings is 1. The van der Waals surface area contributed by atoms with Gasteiger partial charge in [-0.15, -0.1) is 0 Å². The molecule has 1 fully saturated rings. The van der Waals surface area contributed by atoms with Crippen LogP contribution in [-0.2, 0) is 5.54 Å². The van der Waals surface area contributed by atoms with Crippen LogP contribution in [-0.4, -0.2) is 24.9 Å². The second-order valence-corrected chi connectivity index (χ2v) is 4.52. The number of ether oxygens (including phenoxy) is 2. The fraction of sp³-hybridized carbons (Fsp3) is 0.538. The van der Waals surface area contributed by atoms with Crippen molar-refractivity contribution in [1.29, 1.82) is 0 Å². The molecule has 0 amide bonds. The summed E-state index contributed by atoms with van der Waals surface area (Å²) in [5.41, 5.74) is 6.78. The number of methoxy groups -OCH3 is 1. The van der Waals surface area contributed by atoms with Crippen LogP contribution in [0.1, 0.15) is 25.3 Å². The standard InChI is InChI=1S/C13H19NO3/c1-3-17-11-5-4-9(6-12(11)16-2)13(14)7-10(15)8-13/h4-6,10,15H,3,7-8,14H2,1-2H3. The van der Waals surface area contributed by atoms with Crippen molar-refractivity contribution >= 4 is 0 Å². The average molecular weight is 237 g/mol. The number of hydrogen-bond donors (Lipinski definition) is 2. The molecule has 1 saturated carbocycles. The van der Waals surface area contributed by atoms with E-state index in [-0.39, 0.29) is 6.10 Å². The lowest BCUT2D eigenvalue weighted by Gasteiger charge is -2.42. The maximum Gasteiger partial charge on any atom is 0.161 e. The molecule has 1 aliphatic carbocycles. The molecular weight excluding hydrogens is 218 g/mol. The lowest BCUT2D eigenvalue weighted by atomic mass is 9.70. The molecule has 0 aliphatic heterocycles. The topological polar surface area (TPSA) is 64.7 Å². The van der Waals surface area contributed by atoms with Gasteiger partial charge in [-0.25, -0.2) is 0 Å². The predicted molar refractivity (Wildman–Crippen MR) is 65.3 cm³/mol. The first-order valence-corrected chi connectivity index (χ1v) is 5.87. The molecule has 1 aliphatic rings.